The van der Waals surface area contributed by atoms with Crippen LogP contribution in [0.3, 0.4) is 0 Å². The second-order valence-corrected chi connectivity index (χ2v) is 4.26. The molecule has 2 aromatic carbocycles. The zero-order valence-electron chi connectivity index (χ0n) is 8.72. The number of halogens is 1. The van der Waals surface area contributed by atoms with E-state index >= 15 is 0 Å². The quantitative estimate of drug-likeness (QED) is 0.914. The highest BCUT2D eigenvalue weighted by atomic mass is 79.9. The van der Waals surface area contributed by atoms with Crippen LogP contribution in [0.2, 0.25) is 0 Å². The van der Waals surface area contributed by atoms with Gasteiger partial charge in [0.1, 0.15) is 23.3 Å². The molecule has 0 radical (unpaired) electrons. The summed E-state index contributed by atoms with van der Waals surface area (Å²) >= 11 is 3.29. The van der Waals surface area contributed by atoms with Crippen LogP contribution in [-0.2, 0) is 0 Å². The molecule has 0 aliphatic heterocycles. The lowest BCUT2D eigenvalue weighted by Gasteiger charge is -2.07. The van der Waals surface area contributed by atoms with Gasteiger partial charge >= 0.3 is 0 Å². The minimum atomic E-state index is 0.175. The zero-order chi connectivity index (χ0) is 12.3. The molecule has 4 heteroatoms. The fourth-order valence-electron chi connectivity index (χ4n) is 1.32. The lowest BCUT2D eigenvalue weighted by Crippen LogP contribution is -1.87. The Morgan fingerprint density at radius 2 is 1.82 bits per heavy atom. The van der Waals surface area contributed by atoms with Gasteiger partial charge in [0.25, 0.3) is 0 Å². The van der Waals surface area contributed by atoms with Gasteiger partial charge in [-0.3, -0.25) is 0 Å². The van der Waals surface area contributed by atoms with E-state index in [4.69, 9.17) is 15.1 Å². The molecular weight excluding hydrogens is 282 g/mol. The summed E-state index contributed by atoms with van der Waals surface area (Å²) in [6, 6.07) is 13.6. The number of phenolic OH excluding ortho intramolecular Hbond substituents is 1. The van der Waals surface area contributed by atoms with Gasteiger partial charge in [-0.1, -0.05) is 15.9 Å². The van der Waals surface area contributed by atoms with Crippen molar-refractivity contribution in [2.45, 2.75) is 0 Å². The topological polar surface area (TPSA) is 53.2 Å². The molecule has 0 spiro atoms. The highest BCUT2D eigenvalue weighted by Gasteiger charge is 2.05. The van der Waals surface area contributed by atoms with Crippen molar-refractivity contribution in [3.05, 3.63) is 52.5 Å². The van der Waals surface area contributed by atoms with Crippen LogP contribution in [0.25, 0.3) is 0 Å². The van der Waals surface area contributed by atoms with Gasteiger partial charge in [-0.25, -0.2) is 0 Å². The predicted molar refractivity (Wildman–Crippen MR) is 67.0 cm³/mol. The largest absolute Gasteiger partial charge is 0.508 e. The molecule has 0 atom stereocenters. The maximum atomic E-state index is 9.15. The number of benzene rings is 2. The van der Waals surface area contributed by atoms with E-state index in [1.165, 1.54) is 12.1 Å². The van der Waals surface area contributed by atoms with Crippen LogP contribution in [0, 0.1) is 11.3 Å². The third-order valence-corrected chi connectivity index (χ3v) is 2.62. The number of nitriles is 1. The van der Waals surface area contributed by atoms with E-state index in [9.17, 15) is 0 Å². The van der Waals surface area contributed by atoms with Gasteiger partial charge in [-0.15, -0.1) is 0 Å². The van der Waals surface area contributed by atoms with E-state index in [1.54, 1.807) is 30.3 Å². The van der Waals surface area contributed by atoms with Gasteiger partial charge < -0.3 is 9.84 Å². The molecule has 0 aliphatic rings. The summed E-state index contributed by atoms with van der Waals surface area (Å²) in [5.74, 6) is 1.23. The number of phenols is 1. The fraction of sp³-hybridized carbons (Fsp3) is 0. The van der Waals surface area contributed by atoms with Crippen molar-refractivity contribution in [3.63, 3.8) is 0 Å². The highest BCUT2D eigenvalue weighted by molar-refractivity contribution is 9.10. The molecule has 0 fully saturated rings. The van der Waals surface area contributed by atoms with Gasteiger partial charge in [0.05, 0.1) is 5.56 Å². The van der Waals surface area contributed by atoms with Crippen molar-refractivity contribution in [1.29, 1.82) is 5.26 Å². The average molecular weight is 290 g/mol. The molecule has 2 rings (SSSR count). The van der Waals surface area contributed by atoms with Crippen molar-refractivity contribution in [2.75, 3.05) is 0 Å². The number of rotatable bonds is 2. The molecule has 1 N–H and O–H groups in total. The first-order valence-corrected chi connectivity index (χ1v) is 5.65. The second-order valence-electron chi connectivity index (χ2n) is 3.35. The second kappa shape index (κ2) is 4.89. The first kappa shape index (κ1) is 11.5. The van der Waals surface area contributed by atoms with Gasteiger partial charge in [0, 0.05) is 4.47 Å². The van der Waals surface area contributed by atoms with E-state index in [1.807, 2.05) is 0 Å². The SMILES string of the molecule is N#Cc1cc(Br)ccc1Oc1ccc(O)cc1. The van der Waals surface area contributed by atoms with Crippen LogP contribution in [-0.4, -0.2) is 5.11 Å². The lowest BCUT2D eigenvalue weighted by molar-refractivity contribution is 0.464. The lowest BCUT2D eigenvalue weighted by atomic mass is 10.2. The van der Waals surface area contributed by atoms with E-state index in [0.29, 0.717) is 17.1 Å². The molecule has 0 bridgehead atoms. The monoisotopic (exact) mass is 289 g/mol. The summed E-state index contributed by atoms with van der Waals surface area (Å²) in [6.07, 6.45) is 0. The van der Waals surface area contributed by atoms with Crippen LogP contribution >= 0.6 is 15.9 Å². The molecular formula is C13H8BrNO2. The molecule has 0 amide bonds. The third-order valence-electron chi connectivity index (χ3n) is 2.13. The van der Waals surface area contributed by atoms with Gasteiger partial charge in [0.2, 0.25) is 0 Å². The summed E-state index contributed by atoms with van der Waals surface area (Å²) in [6.45, 7) is 0. The number of ether oxygens (including phenoxy) is 1. The van der Waals surface area contributed by atoms with Crippen LogP contribution in [0.15, 0.2) is 46.9 Å². The summed E-state index contributed by atoms with van der Waals surface area (Å²) in [5.41, 5.74) is 0.451. The van der Waals surface area contributed by atoms with Crippen molar-refractivity contribution < 1.29 is 9.84 Å². The number of aromatic hydroxyl groups is 1. The van der Waals surface area contributed by atoms with Gasteiger partial charge in [-0.2, -0.15) is 5.26 Å². The van der Waals surface area contributed by atoms with Crippen molar-refractivity contribution in [3.8, 4) is 23.3 Å². The molecule has 0 saturated carbocycles. The summed E-state index contributed by atoms with van der Waals surface area (Å²) in [4.78, 5) is 0. The summed E-state index contributed by atoms with van der Waals surface area (Å²) in [7, 11) is 0. The Kier molecular flexibility index (Phi) is 3.31. The third kappa shape index (κ3) is 2.77. The Morgan fingerprint density at radius 1 is 1.12 bits per heavy atom. The van der Waals surface area contributed by atoms with Gasteiger partial charge in [0.15, 0.2) is 0 Å². The minimum absolute atomic E-state index is 0.175. The zero-order valence-corrected chi connectivity index (χ0v) is 10.3. The Hall–Kier alpha value is -1.99. The maximum Gasteiger partial charge on any atom is 0.145 e. The maximum absolute atomic E-state index is 9.15. The van der Waals surface area contributed by atoms with Crippen LogP contribution in [0.1, 0.15) is 5.56 Å². The van der Waals surface area contributed by atoms with E-state index in [0.717, 1.165) is 4.47 Å². The van der Waals surface area contributed by atoms with Crippen molar-refractivity contribution in [2.24, 2.45) is 0 Å². The highest BCUT2D eigenvalue weighted by Crippen LogP contribution is 2.28. The molecule has 0 unspecified atom stereocenters. The average Bonchev–Trinajstić information content (AvgIpc) is 2.34. The molecule has 2 aromatic rings. The van der Waals surface area contributed by atoms with Crippen LogP contribution in [0.4, 0.5) is 0 Å². The molecule has 0 aromatic heterocycles. The van der Waals surface area contributed by atoms with Gasteiger partial charge in [-0.05, 0) is 42.5 Å². The van der Waals surface area contributed by atoms with E-state index in [-0.39, 0.29) is 5.75 Å². The molecule has 17 heavy (non-hydrogen) atoms. The fourth-order valence-corrected chi connectivity index (χ4v) is 1.68. The summed E-state index contributed by atoms with van der Waals surface area (Å²) in [5, 5.41) is 18.1. The van der Waals surface area contributed by atoms with Crippen LogP contribution < -0.4 is 4.74 Å². The van der Waals surface area contributed by atoms with Crippen LogP contribution in [0.5, 0.6) is 17.2 Å². The molecule has 0 saturated heterocycles. The number of hydrogen-bond acceptors (Lipinski definition) is 3. The van der Waals surface area contributed by atoms with Crippen molar-refractivity contribution in [1.82, 2.24) is 0 Å². The standard InChI is InChI=1S/C13H8BrNO2/c14-10-1-6-13(9(7-10)8-15)17-12-4-2-11(16)3-5-12/h1-7,16H. The Bertz CT molecular complexity index is 573. The first-order valence-electron chi connectivity index (χ1n) is 4.85. The summed E-state index contributed by atoms with van der Waals surface area (Å²) < 4.78 is 6.38. The number of hydrogen-bond donors (Lipinski definition) is 1. The molecule has 0 aliphatic carbocycles. The molecule has 3 nitrogen and oxygen atoms in total. The first-order chi connectivity index (χ1) is 8.19. The molecule has 0 heterocycles. The van der Waals surface area contributed by atoms with E-state index < -0.39 is 0 Å². The predicted octanol–water partition coefficient (Wildman–Crippen LogP) is 3.82. The van der Waals surface area contributed by atoms with Crippen molar-refractivity contribution >= 4 is 15.9 Å². The smallest absolute Gasteiger partial charge is 0.145 e. The minimum Gasteiger partial charge on any atom is -0.508 e. The number of nitrogens with zero attached hydrogens (tertiary/aromatic N) is 1. The normalized spacial score (nSPS) is 9.65. The Morgan fingerprint density at radius 3 is 2.47 bits per heavy atom. The van der Waals surface area contributed by atoms with E-state index in [2.05, 4.69) is 22.0 Å². The Labute approximate surface area is 107 Å². The Balaban J connectivity index is 2.30. The molecule has 84 valence electrons.